The van der Waals surface area contributed by atoms with Crippen LogP contribution in [0.25, 0.3) is 0 Å². The summed E-state index contributed by atoms with van der Waals surface area (Å²) in [7, 11) is 0. The van der Waals surface area contributed by atoms with Crippen molar-refractivity contribution in [2.75, 3.05) is 6.61 Å². The van der Waals surface area contributed by atoms with E-state index in [4.69, 9.17) is 0 Å². The molecule has 0 saturated carbocycles. The molecule has 0 aromatic heterocycles. The molecule has 0 aromatic carbocycles. The Labute approximate surface area is 319 Å². The van der Waals surface area contributed by atoms with E-state index in [1.807, 2.05) is 6.08 Å². The molecule has 2 unspecified atom stereocenters. The minimum Gasteiger partial charge on any atom is -0.394 e. The van der Waals surface area contributed by atoms with Crippen LogP contribution in [0.3, 0.4) is 0 Å². The highest BCUT2D eigenvalue weighted by atomic mass is 16.3. The lowest BCUT2D eigenvalue weighted by atomic mass is 10.0. The summed E-state index contributed by atoms with van der Waals surface area (Å²) in [6, 6.07) is -0.642. The topological polar surface area (TPSA) is 69.6 Å². The molecular weight excluding hydrogens is 627 g/mol. The van der Waals surface area contributed by atoms with Crippen molar-refractivity contribution >= 4 is 5.91 Å². The van der Waals surface area contributed by atoms with E-state index in [1.54, 1.807) is 6.08 Å². The molecule has 0 radical (unpaired) electrons. The van der Waals surface area contributed by atoms with Crippen molar-refractivity contribution in [3.63, 3.8) is 0 Å². The van der Waals surface area contributed by atoms with Gasteiger partial charge in [-0.15, -0.1) is 0 Å². The maximum atomic E-state index is 12.4. The SMILES string of the molecule is CCCCCCCC/C=C/CC/C=C/CC/C=C/C(O)C(CO)NC(=O)CCCCCCCCCCCCCCCCCCCCCCCCC. The summed E-state index contributed by atoms with van der Waals surface area (Å²) < 4.78 is 0. The molecule has 3 N–H and O–H groups in total. The van der Waals surface area contributed by atoms with Crippen molar-refractivity contribution in [3.8, 4) is 0 Å². The summed E-state index contributed by atoms with van der Waals surface area (Å²) in [5.74, 6) is -0.0750. The van der Waals surface area contributed by atoms with Gasteiger partial charge in [0.2, 0.25) is 5.91 Å². The highest BCUT2D eigenvalue weighted by molar-refractivity contribution is 5.76. The summed E-state index contributed by atoms with van der Waals surface area (Å²) in [5.41, 5.74) is 0. The Morgan fingerprint density at radius 3 is 1.14 bits per heavy atom. The van der Waals surface area contributed by atoms with Crippen LogP contribution in [0, 0.1) is 0 Å². The molecule has 4 nitrogen and oxygen atoms in total. The smallest absolute Gasteiger partial charge is 0.220 e. The summed E-state index contributed by atoms with van der Waals surface area (Å²) in [6.07, 6.45) is 56.9. The number of rotatable bonds is 41. The Bertz CT molecular complexity index is 775. The van der Waals surface area contributed by atoms with Crippen molar-refractivity contribution in [2.45, 2.75) is 251 Å². The van der Waals surface area contributed by atoms with E-state index >= 15 is 0 Å². The molecule has 0 aliphatic carbocycles. The zero-order chi connectivity index (χ0) is 37.1. The molecule has 0 aliphatic rings. The number of hydrogen-bond donors (Lipinski definition) is 3. The van der Waals surface area contributed by atoms with E-state index in [2.05, 4.69) is 43.5 Å². The van der Waals surface area contributed by atoms with Crippen LogP contribution in [0.1, 0.15) is 239 Å². The van der Waals surface area contributed by atoms with E-state index in [1.165, 1.54) is 180 Å². The van der Waals surface area contributed by atoms with Crippen LogP contribution in [0.4, 0.5) is 0 Å². The molecular formula is C47H89NO3. The maximum absolute atomic E-state index is 12.4. The molecule has 0 aliphatic heterocycles. The standard InChI is InChI=1S/C47H89NO3/c1-3-5-7-9-11-13-15-17-19-21-22-23-24-25-26-27-29-31-33-35-37-39-41-43-47(51)48-45(44-49)46(50)42-40-38-36-34-32-30-28-20-18-16-14-12-10-8-6-4-2/h18,20,32,34,40,42,45-46,49-50H,3-17,19,21-31,33,35-39,41,43-44H2,1-2H3,(H,48,51)/b20-18+,34-32+,42-40+. The second kappa shape index (κ2) is 43.0. The van der Waals surface area contributed by atoms with Crippen LogP contribution in [0.2, 0.25) is 0 Å². The lowest BCUT2D eigenvalue weighted by Gasteiger charge is -2.19. The van der Waals surface area contributed by atoms with Crippen molar-refractivity contribution < 1.29 is 15.0 Å². The third kappa shape index (κ3) is 39.6. The molecule has 0 fully saturated rings. The van der Waals surface area contributed by atoms with Crippen molar-refractivity contribution in [1.29, 1.82) is 0 Å². The van der Waals surface area contributed by atoms with E-state index < -0.39 is 12.1 Å². The quantitative estimate of drug-likeness (QED) is 0.0436. The number of unbranched alkanes of at least 4 members (excludes halogenated alkanes) is 30. The van der Waals surface area contributed by atoms with Gasteiger partial charge in [0.25, 0.3) is 0 Å². The van der Waals surface area contributed by atoms with E-state index in [0.29, 0.717) is 6.42 Å². The van der Waals surface area contributed by atoms with E-state index in [0.717, 1.165) is 38.5 Å². The van der Waals surface area contributed by atoms with Gasteiger partial charge >= 0.3 is 0 Å². The summed E-state index contributed by atoms with van der Waals surface area (Å²) in [5, 5.41) is 23.0. The minimum atomic E-state index is -0.867. The van der Waals surface area contributed by atoms with Crippen LogP contribution in [0.5, 0.6) is 0 Å². The second-order valence-electron chi connectivity index (χ2n) is 15.5. The van der Waals surface area contributed by atoms with Gasteiger partial charge in [-0.2, -0.15) is 0 Å². The van der Waals surface area contributed by atoms with Crippen LogP contribution in [0.15, 0.2) is 36.5 Å². The first-order valence-electron chi connectivity index (χ1n) is 22.7. The van der Waals surface area contributed by atoms with Gasteiger partial charge in [0.1, 0.15) is 0 Å². The zero-order valence-electron chi connectivity index (χ0n) is 34.4. The Morgan fingerprint density at radius 1 is 0.451 bits per heavy atom. The minimum absolute atomic E-state index is 0.0750. The Hall–Kier alpha value is -1.39. The van der Waals surface area contributed by atoms with Gasteiger partial charge in [0.05, 0.1) is 18.8 Å². The number of amides is 1. The molecule has 2 atom stereocenters. The first kappa shape index (κ1) is 49.6. The Balaban J connectivity index is 3.56. The number of hydrogen-bond acceptors (Lipinski definition) is 3. The first-order chi connectivity index (χ1) is 25.2. The van der Waals surface area contributed by atoms with Crippen LogP contribution in [-0.2, 0) is 4.79 Å². The highest BCUT2D eigenvalue weighted by Gasteiger charge is 2.17. The molecule has 0 rings (SSSR count). The molecule has 0 spiro atoms. The van der Waals surface area contributed by atoms with Gasteiger partial charge < -0.3 is 15.5 Å². The molecule has 51 heavy (non-hydrogen) atoms. The number of allylic oxidation sites excluding steroid dienone is 5. The fourth-order valence-corrected chi connectivity index (χ4v) is 6.86. The molecule has 0 aromatic rings. The van der Waals surface area contributed by atoms with E-state index in [-0.39, 0.29) is 12.5 Å². The van der Waals surface area contributed by atoms with Crippen molar-refractivity contribution in [1.82, 2.24) is 5.32 Å². The van der Waals surface area contributed by atoms with E-state index in [9.17, 15) is 15.0 Å². The zero-order valence-corrected chi connectivity index (χ0v) is 34.4. The first-order valence-corrected chi connectivity index (χ1v) is 22.7. The number of carbonyl (C=O) groups excluding carboxylic acids is 1. The van der Waals surface area contributed by atoms with Gasteiger partial charge in [0.15, 0.2) is 0 Å². The largest absolute Gasteiger partial charge is 0.394 e. The normalized spacial score (nSPS) is 13.3. The molecule has 0 heterocycles. The van der Waals surface area contributed by atoms with Gasteiger partial charge in [-0.05, 0) is 44.9 Å². The third-order valence-electron chi connectivity index (χ3n) is 10.4. The fraction of sp³-hybridized carbons (Fsp3) is 0.851. The Kier molecular flexibility index (Phi) is 41.8. The molecule has 300 valence electrons. The summed E-state index contributed by atoms with van der Waals surface area (Å²) >= 11 is 0. The van der Waals surface area contributed by atoms with Gasteiger partial charge in [0, 0.05) is 6.42 Å². The number of carbonyl (C=O) groups is 1. The monoisotopic (exact) mass is 716 g/mol. The number of nitrogens with one attached hydrogen (secondary N) is 1. The molecule has 0 saturated heterocycles. The van der Waals surface area contributed by atoms with Gasteiger partial charge in [-0.25, -0.2) is 0 Å². The average molecular weight is 716 g/mol. The number of aliphatic hydroxyl groups excluding tert-OH is 2. The molecule has 0 bridgehead atoms. The lowest BCUT2D eigenvalue weighted by Crippen LogP contribution is -2.45. The molecule has 4 heteroatoms. The van der Waals surface area contributed by atoms with Crippen LogP contribution >= 0.6 is 0 Å². The predicted molar refractivity (Wildman–Crippen MR) is 225 cm³/mol. The number of aliphatic hydroxyl groups is 2. The average Bonchev–Trinajstić information content (AvgIpc) is 3.13. The summed E-state index contributed by atoms with van der Waals surface area (Å²) in [6.45, 7) is 4.30. The predicted octanol–water partition coefficient (Wildman–Crippen LogP) is 14.2. The van der Waals surface area contributed by atoms with Crippen molar-refractivity contribution in [2.24, 2.45) is 0 Å². The van der Waals surface area contributed by atoms with Crippen LogP contribution in [-0.4, -0.2) is 34.9 Å². The second-order valence-corrected chi connectivity index (χ2v) is 15.5. The highest BCUT2D eigenvalue weighted by Crippen LogP contribution is 2.16. The third-order valence-corrected chi connectivity index (χ3v) is 10.4. The Morgan fingerprint density at radius 2 is 0.765 bits per heavy atom. The van der Waals surface area contributed by atoms with Crippen molar-refractivity contribution in [3.05, 3.63) is 36.5 Å². The molecule has 1 amide bonds. The van der Waals surface area contributed by atoms with Gasteiger partial charge in [-0.3, -0.25) is 4.79 Å². The fourth-order valence-electron chi connectivity index (χ4n) is 6.86. The van der Waals surface area contributed by atoms with Gasteiger partial charge in [-0.1, -0.05) is 224 Å². The lowest BCUT2D eigenvalue weighted by molar-refractivity contribution is -0.123. The maximum Gasteiger partial charge on any atom is 0.220 e. The van der Waals surface area contributed by atoms with Crippen LogP contribution < -0.4 is 5.32 Å². The summed E-state index contributed by atoms with van der Waals surface area (Å²) in [4.78, 5) is 12.4.